The third-order valence-corrected chi connectivity index (χ3v) is 8.74. The Hall–Kier alpha value is -3.83. The van der Waals surface area contributed by atoms with Crippen LogP contribution in [-0.4, -0.2) is 57.5 Å². The minimum atomic E-state index is -4.37. The van der Waals surface area contributed by atoms with Gasteiger partial charge in [0.1, 0.15) is 31.6 Å². The van der Waals surface area contributed by atoms with Crippen LogP contribution in [0.25, 0.3) is 0 Å². The molecule has 3 aromatic carbocycles. The predicted octanol–water partition coefficient (Wildman–Crippen LogP) is 4.78. The van der Waals surface area contributed by atoms with Gasteiger partial charge in [-0.1, -0.05) is 37.1 Å². The molecule has 224 valence electrons. The van der Waals surface area contributed by atoms with Crippen LogP contribution in [0.4, 0.5) is 10.1 Å². The van der Waals surface area contributed by atoms with E-state index in [1.54, 1.807) is 31.2 Å². The molecule has 3 aromatic rings. The summed E-state index contributed by atoms with van der Waals surface area (Å²) in [5.74, 6) is -0.921. The van der Waals surface area contributed by atoms with E-state index in [4.69, 9.17) is 21.1 Å². The monoisotopic (exact) mass is 617 g/mol. The maximum Gasteiger partial charge on any atom is 0.264 e. The summed E-state index contributed by atoms with van der Waals surface area (Å²) in [4.78, 5) is 28.2. The zero-order valence-corrected chi connectivity index (χ0v) is 25.0. The first-order valence-electron chi connectivity index (χ1n) is 13.6. The number of halogens is 2. The Morgan fingerprint density at radius 3 is 2.43 bits per heavy atom. The molecule has 0 radical (unpaired) electrons. The lowest BCUT2D eigenvalue weighted by Crippen LogP contribution is -2.51. The summed E-state index contributed by atoms with van der Waals surface area (Å²) in [6.07, 6.45) is 1.65. The summed E-state index contributed by atoms with van der Waals surface area (Å²) < 4.78 is 53.8. The largest absolute Gasteiger partial charge is 0.486 e. The molecule has 9 nitrogen and oxygen atoms in total. The maximum absolute atomic E-state index is 14.0. The van der Waals surface area contributed by atoms with Crippen LogP contribution in [0.1, 0.15) is 32.3 Å². The number of ether oxygens (including phenoxy) is 2. The highest BCUT2D eigenvalue weighted by atomic mass is 35.5. The van der Waals surface area contributed by atoms with Gasteiger partial charge in [-0.25, -0.2) is 12.8 Å². The first kappa shape index (κ1) is 31.1. The number of anilines is 1. The van der Waals surface area contributed by atoms with E-state index in [-0.39, 0.29) is 35.4 Å². The van der Waals surface area contributed by atoms with Gasteiger partial charge < -0.3 is 19.7 Å². The highest BCUT2D eigenvalue weighted by Crippen LogP contribution is 2.34. The number of amides is 2. The SMILES string of the molecule is CCCCNC(=O)[C@H](C)N(Cc1cccc(Cl)c1)C(=O)CN(c1ccc(F)cc1)S(=O)(=O)c1ccc2c(c1)OCCO2. The van der Waals surface area contributed by atoms with Crippen molar-refractivity contribution in [2.75, 3.05) is 30.6 Å². The van der Waals surface area contributed by atoms with E-state index in [2.05, 4.69) is 5.32 Å². The van der Waals surface area contributed by atoms with Crippen LogP contribution in [0.3, 0.4) is 0 Å². The van der Waals surface area contributed by atoms with Gasteiger partial charge in [-0.05, 0) is 67.4 Å². The maximum atomic E-state index is 14.0. The van der Waals surface area contributed by atoms with Crippen molar-refractivity contribution in [3.63, 3.8) is 0 Å². The normalized spacial score (nSPS) is 13.2. The minimum Gasteiger partial charge on any atom is -0.486 e. The standard InChI is InChI=1S/C30H33ClFN3O6S/c1-3-4-14-33-30(37)21(2)34(19-22-6-5-7-23(31)17-22)29(36)20-35(25-10-8-24(32)9-11-25)42(38,39)26-12-13-27-28(18-26)41-16-15-40-27/h5-13,17-18,21H,3-4,14-16,19-20H2,1-2H3,(H,33,37)/t21-/m0/s1. The lowest BCUT2D eigenvalue weighted by atomic mass is 10.1. The van der Waals surface area contributed by atoms with Crippen molar-refractivity contribution in [1.29, 1.82) is 0 Å². The summed E-state index contributed by atoms with van der Waals surface area (Å²) in [5.41, 5.74) is 0.731. The molecule has 1 heterocycles. The van der Waals surface area contributed by atoms with E-state index in [0.29, 0.717) is 29.5 Å². The van der Waals surface area contributed by atoms with Crippen molar-refractivity contribution in [2.45, 2.75) is 44.2 Å². The second-order valence-corrected chi connectivity index (χ2v) is 12.1. The fourth-order valence-electron chi connectivity index (χ4n) is 4.40. The third-order valence-electron chi connectivity index (χ3n) is 6.73. The van der Waals surface area contributed by atoms with Gasteiger partial charge in [-0.2, -0.15) is 0 Å². The molecule has 0 unspecified atom stereocenters. The molecule has 0 saturated heterocycles. The Labute approximate surface area is 250 Å². The van der Waals surface area contributed by atoms with Crippen molar-refractivity contribution in [3.05, 3.63) is 83.1 Å². The average Bonchev–Trinajstić information content (AvgIpc) is 2.98. The number of hydrogen-bond acceptors (Lipinski definition) is 6. The number of nitrogens with one attached hydrogen (secondary N) is 1. The summed E-state index contributed by atoms with van der Waals surface area (Å²) >= 11 is 6.17. The molecule has 0 saturated carbocycles. The summed E-state index contributed by atoms with van der Waals surface area (Å²) in [6.45, 7) is 3.96. The predicted molar refractivity (Wildman–Crippen MR) is 158 cm³/mol. The lowest BCUT2D eigenvalue weighted by molar-refractivity contribution is -0.139. The number of fused-ring (bicyclic) bond motifs is 1. The van der Waals surface area contributed by atoms with E-state index in [9.17, 15) is 22.4 Å². The molecule has 12 heteroatoms. The van der Waals surface area contributed by atoms with Crippen LogP contribution in [0.5, 0.6) is 11.5 Å². The van der Waals surface area contributed by atoms with Gasteiger partial charge in [0.05, 0.1) is 10.6 Å². The van der Waals surface area contributed by atoms with Gasteiger partial charge in [-0.3, -0.25) is 13.9 Å². The smallest absolute Gasteiger partial charge is 0.264 e. The van der Waals surface area contributed by atoms with Gasteiger partial charge in [-0.15, -0.1) is 0 Å². The lowest BCUT2D eigenvalue weighted by Gasteiger charge is -2.32. The molecule has 0 aliphatic carbocycles. The molecular formula is C30H33ClFN3O6S. The van der Waals surface area contributed by atoms with Crippen LogP contribution in [0.2, 0.25) is 5.02 Å². The second-order valence-electron chi connectivity index (χ2n) is 9.77. The molecular weight excluding hydrogens is 585 g/mol. The number of carbonyl (C=O) groups is 2. The Morgan fingerprint density at radius 2 is 1.74 bits per heavy atom. The van der Waals surface area contributed by atoms with Crippen LogP contribution < -0.4 is 19.1 Å². The molecule has 1 aliphatic rings. The highest BCUT2D eigenvalue weighted by molar-refractivity contribution is 7.92. The van der Waals surface area contributed by atoms with E-state index >= 15 is 0 Å². The Bertz CT molecular complexity index is 1520. The third kappa shape index (κ3) is 7.51. The molecule has 0 fully saturated rings. The Balaban J connectivity index is 1.70. The number of carbonyl (C=O) groups excluding carboxylic acids is 2. The first-order valence-corrected chi connectivity index (χ1v) is 15.4. The molecule has 4 rings (SSSR count). The summed E-state index contributed by atoms with van der Waals surface area (Å²) in [7, 11) is -4.37. The van der Waals surface area contributed by atoms with Crippen molar-refractivity contribution in [3.8, 4) is 11.5 Å². The van der Waals surface area contributed by atoms with Gasteiger partial charge in [0.25, 0.3) is 10.0 Å². The zero-order chi connectivity index (χ0) is 30.3. The van der Waals surface area contributed by atoms with Crippen LogP contribution in [-0.2, 0) is 26.2 Å². The second kappa shape index (κ2) is 13.9. The molecule has 1 atom stereocenters. The van der Waals surface area contributed by atoms with Crippen molar-refractivity contribution in [1.82, 2.24) is 10.2 Å². The Morgan fingerprint density at radius 1 is 1.02 bits per heavy atom. The van der Waals surface area contributed by atoms with Gasteiger partial charge in [0.15, 0.2) is 11.5 Å². The number of hydrogen-bond donors (Lipinski definition) is 1. The van der Waals surface area contributed by atoms with Crippen LogP contribution in [0.15, 0.2) is 71.6 Å². The summed E-state index contributed by atoms with van der Waals surface area (Å²) in [5, 5.41) is 3.29. The van der Waals surface area contributed by atoms with E-state index in [0.717, 1.165) is 29.3 Å². The molecule has 0 aromatic heterocycles. The number of sulfonamides is 1. The molecule has 0 spiro atoms. The average molecular weight is 618 g/mol. The molecule has 0 bridgehead atoms. The fraction of sp³-hybridized carbons (Fsp3) is 0.333. The van der Waals surface area contributed by atoms with Gasteiger partial charge >= 0.3 is 0 Å². The van der Waals surface area contributed by atoms with Gasteiger partial charge in [0.2, 0.25) is 11.8 Å². The van der Waals surface area contributed by atoms with Crippen LogP contribution in [0, 0.1) is 5.82 Å². The molecule has 42 heavy (non-hydrogen) atoms. The molecule has 2 amide bonds. The van der Waals surface area contributed by atoms with E-state index < -0.39 is 34.3 Å². The fourth-order valence-corrected chi connectivity index (χ4v) is 6.04. The van der Waals surface area contributed by atoms with Crippen molar-refractivity contribution >= 4 is 39.1 Å². The highest BCUT2D eigenvalue weighted by Gasteiger charge is 2.33. The first-order chi connectivity index (χ1) is 20.1. The quantitative estimate of drug-likeness (QED) is 0.293. The summed E-state index contributed by atoms with van der Waals surface area (Å²) in [6, 6.07) is 14.9. The topological polar surface area (TPSA) is 105 Å². The Kier molecular flexibility index (Phi) is 10.3. The van der Waals surface area contributed by atoms with Crippen LogP contribution >= 0.6 is 11.6 Å². The number of rotatable bonds is 12. The van der Waals surface area contributed by atoms with Crippen molar-refractivity contribution < 1.29 is 31.9 Å². The number of nitrogens with zero attached hydrogens (tertiary/aromatic N) is 2. The molecule has 1 N–H and O–H groups in total. The molecule has 1 aliphatic heterocycles. The van der Waals surface area contributed by atoms with Crippen molar-refractivity contribution in [2.24, 2.45) is 0 Å². The zero-order valence-electron chi connectivity index (χ0n) is 23.4. The van der Waals surface area contributed by atoms with Gasteiger partial charge in [0, 0.05) is 24.2 Å². The van der Waals surface area contributed by atoms with E-state index in [1.807, 2.05) is 6.92 Å². The minimum absolute atomic E-state index is 0.00306. The number of benzene rings is 3. The number of unbranched alkanes of at least 4 members (excludes halogenated alkanes) is 1. The van der Waals surface area contributed by atoms with E-state index in [1.165, 1.54) is 35.2 Å².